The van der Waals surface area contributed by atoms with Crippen LogP contribution in [0.5, 0.6) is 0 Å². The van der Waals surface area contributed by atoms with Gasteiger partial charge in [-0.15, -0.1) is 0 Å². The van der Waals surface area contributed by atoms with Crippen molar-refractivity contribution in [2.45, 2.75) is 13.3 Å². The zero-order valence-electron chi connectivity index (χ0n) is 4.72. The van der Waals surface area contributed by atoms with Crippen LogP contribution in [0.25, 0.3) is 0 Å². The van der Waals surface area contributed by atoms with Crippen LogP contribution in [-0.4, -0.2) is 6.54 Å². The van der Waals surface area contributed by atoms with Gasteiger partial charge in [0.15, 0.2) is 0 Å². The van der Waals surface area contributed by atoms with Crippen LogP contribution >= 0.6 is 0 Å². The van der Waals surface area contributed by atoms with E-state index >= 15 is 0 Å². The van der Waals surface area contributed by atoms with Crippen LogP contribution in [-0.2, 0) is 0 Å². The van der Waals surface area contributed by atoms with Gasteiger partial charge in [0.1, 0.15) is 0 Å². The molecule has 0 saturated heterocycles. The predicted octanol–water partition coefficient (Wildman–Crippen LogP) is 0.805. The molecule has 1 aliphatic rings. The highest BCUT2D eigenvalue weighted by Gasteiger charge is 2.33. The Morgan fingerprint density at radius 1 is 1.57 bits per heavy atom. The first-order chi connectivity index (χ1) is 3.38. The minimum absolute atomic E-state index is 0.769. The van der Waals surface area contributed by atoms with Gasteiger partial charge in [-0.3, -0.25) is 0 Å². The molecule has 1 heteroatoms. The van der Waals surface area contributed by atoms with Crippen molar-refractivity contribution >= 4 is 0 Å². The van der Waals surface area contributed by atoms with E-state index < -0.39 is 0 Å². The Balaban J connectivity index is 2.06. The van der Waals surface area contributed by atoms with E-state index in [9.17, 15) is 0 Å². The van der Waals surface area contributed by atoms with Crippen molar-refractivity contribution < 1.29 is 0 Å². The van der Waals surface area contributed by atoms with Gasteiger partial charge in [0.05, 0.1) is 0 Å². The molecule has 0 bridgehead atoms. The van der Waals surface area contributed by atoms with Crippen molar-refractivity contribution in [2.75, 3.05) is 6.54 Å². The van der Waals surface area contributed by atoms with E-state index in [1.165, 1.54) is 6.42 Å². The Morgan fingerprint density at radius 2 is 2.29 bits per heavy atom. The van der Waals surface area contributed by atoms with Crippen molar-refractivity contribution in [3.8, 4) is 0 Å². The lowest BCUT2D eigenvalue weighted by Crippen LogP contribution is -2.01. The average Bonchev–Trinajstić information content (AvgIpc) is 2.43. The molecule has 2 unspecified atom stereocenters. The first-order valence-corrected chi connectivity index (χ1v) is 2.93. The van der Waals surface area contributed by atoms with Crippen molar-refractivity contribution in [1.29, 1.82) is 0 Å². The maximum absolute atomic E-state index is 5.37. The van der Waals surface area contributed by atoms with Crippen LogP contribution < -0.4 is 5.73 Å². The number of nitrogens with two attached hydrogens (primary N) is 1. The molecule has 1 radical (unpaired) electrons. The highest BCUT2D eigenvalue weighted by atomic mass is 14.6. The average molecular weight is 98.2 g/mol. The first kappa shape index (κ1) is 5.10. The lowest BCUT2D eigenvalue weighted by atomic mass is 10.3. The molecule has 0 aromatic rings. The second-order valence-corrected chi connectivity index (χ2v) is 2.16. The van der Waals surface area contributed by atoms with E-state index in [0.29, 0.717) is 0 Å². The largest absolute Gasteiger partial charge is 0.330 e. The third-order valence-corrected chi connectivity index (χ3v) is 1.65. The van der Waals surface area contributed by atoms with Crippen LogP contribution in [0.3, 0.4) is 0 Å². The van der Waals surface area contributed by atoms with Gasteiger partial charge >= 0.3 is 0 Å². The lowest BCUT2D eigenvalue weighted by molar-refractivity contribution is 0.688. The molecule has 0 heterocycles. The molecule has 2 atom stereocenters. The van der Waals surface area contributed by atoms with Crippen molar-refractivity contribution in [3.63, 3.8) is 0 Å². The van der Waals surface area contributed by atoms with Gasteiger partial charge in [0.25, 0.3) is 0 Å². The molecule has 2 N–H and O–H groups in total. The minimum Gasteiger partial charge on any atom is -0.330 e. The molecule has 41 valence electrons. The maximum atomic E-state index is 5.37. The lowest BCUT2D eigenvalue weighted by Gasteiger charge is -1.85. The normalized spacial score (nSPS) is 38.6. The Hall–Kier alpha value is -0.0400. The van der Waals surface area contributed by atoms with Gasteiger partial charge in [-0.25, -0.2) is 0 Å². The molecule has 0 aromatic carbocycles. The van der Waals surface area contributed by atoms with Crippen LogP contribution in [0.4, 0.5) is 0 Å². The van der Waals surface area contributed by atoms with Crippen molar-refractivity contribution in [2.24, 2.45) is 17.6 Å². The van der Waals surface area contributed by atoms with E-state index in [1.54, 1.807) is 0 Å². The fourth-order valence-corrected chi connectivity index (χ4v) is 0.946. The van der Waals surface area contributed by atoms with E-state index in [-0.39, 0.29) is 0 Å². The second-order valence-electron chi connectivity index (χ2n) is 2.16. The summed E-state index contributed by atoms with van der Waals surface area (Å²) in [4.78, 5) is 0. The molecule has 0 aromatic heterocycles. The minimum atomic E-state index is 0.769. The fraction of sp³-hybridized carbons (Fsp3) is 0.833. The summed E-state index contributed by atoms with van der Waals surface area (Å²) in [6.45, 7) is 3.06. The van der Waals surface area contributed by atoms with Gasteiger partial charge in [0, 0.05) is 0 Å². The SMILES string of the molecule is CCC1[CH]C1CN. The van der Waals surface area contributed by atoms with Crippen LogP contribution in [0, 0.1) is 18.3 Å². The molecular weight excluding hydrogens is 86.1 g/mol. The van der Waals surface area contributed by atoms with Crippen molar-refractivity contribution in [3.05, 3.63) is 6.42 Å². The smallest absolute Gasteiger partial charge is 0.00432 e. The number of hydrogen-bond donors (Lipinski definition) is 1. The van der Waals surface area contributed by atoms with Gasteiger partial charge < -0.3 is 5.73 Å². The highest BCUT2D eigenvalue weighted by molar-refractivity contribution is 5.04. The topological polar surface area (TPSA) is 26.0 Å². The summed E-state index contributed by atoms with van der Waals surface area (Å²) in [7, 11) is 0. The summed E-state index contributed by atoms with van der Waals surface area (Å²) in [5.41, 5.74) is 5.37. The van der Waals surface area contributed by atoms with Crippen LogP contribution in [0.1, 0.15) is 13.3 Å². The van der Waals surface area contributed by atoms with E-state index in [4.69, 9.17) is 5.73 Å². The van der Waals surface area contributed by atoms with Gasteiger partial charge in [-0.05, 0) is 24.8 Å². The quantitative estimate of drug-likeness (QED) is 0.543. The Labute approximate surface area is 44.9 Å². The molecule has 1 nitrogen and oxygen atoms in total. The maximum Gasteiger partial charge on any atom is -0.00432 e. The first-order valence-electron chi connectivity index (χ1n) is 2.93. The molecule has 1 rings (SSSR count). The van der Waals surface area contributed by atoms with Gasteiger partial charge in [0.2, 0.25) is 0 Å². The third-order valence-electron chi connectivity index (χ3n) is 1.65. The highest BCUT2D eigenvalue weighted by Crippen LogP contribution is 2.38. The summed E-state index contributed by atoms with van der Waals surface area (Å²) in [6.07, 6.45) is 3.60. The zero-order chi connectivity index (χ0) is 5.28. The molecule has 0 amide bonds. The second kappa shape index (κ2) is 1.83. The molecule has 0 aliphatic heterocycles. The Kier molecular flexibility index (Phi) is 1.33. The summed E-state index contributed by atoms with van der Waals surface area (Å²) < 4.78 is 0. The fourth-order valence-electron chi connectivity index (χ4n) is 0.946. The monoisotopic (exact) mass is 98.1 g/mol. The van der Waals surface area contributed by atoms with Crippen molar-refractivity contribution in [1.82, 2.24) is 0 Å². The predicted molar refractivity (Wildman–Crippen MR) is 30.6 cm³/mol. The number of rotatable bonds is 2. The summed E-state index contributed by atoms with van der Waals surface area (Å²) in [5, 5.41) is 0. The van der Waals surface area contributed by atoms with Crippen LogP contribution in [0.15, 0.2) is 0 Å². The molecule has 0 spiro atoms. The van der Waals surface area contributed by atoms with E-state index in [2.05, 4.69) is 13.3 Å². The molecule has 1 saturated carbocycles. The van der Waals surface area contributed by atoms with Gasteiger partial charge in [-0.1, -0.05) is 13.3 Å². The third kappa shape index (κ3) is 0.942. The standard InChI is InChI=1S/C6H12N/c1-2-5-3-6(5)4-7/h3,5-6H,2,4,7H2,1H3. The number of hydrogen-bond acceptors (Lipinski definition) is 1. The molecule has 1 aliphatic carbocycles. The summed E-state index contributed by atoms with van der Waals surface area (Å²) >= 11 is 0. The van der Waals surface area contributed by atoms with E-state index in [0.717, 1.165) is 18.4 Å². The molecule has 7 heavy (non-hydrogen) atoms. The summed E-state index contributed by atoms with van der Waals surface area (Å²) in [6, 6.07) is 0. The zero-order valence-corrected chi connectivity index (χ0v) is 4.72. The van der Waals surface area contributed by atoms with E-state index in [1.807, 2.05) is 0 Å². The Bertz CT molecular complexity index is 53.2. The molecule has 1 fully saturated rings. The van der Waals surface area contributed by atoms with Gasteiger partial charge in [-0.2, -0.15) is 0 Å². The molecular formula is C6H12N. The Morgan fingerprint density at radius 3 is 2.43 bits per heavy atom. The van der Waals surface area contributed by atoms with Crippen LogP contribution in [0.2, 0.25) is 0 Å². The summed E-state index contributed by atoms with van der Waals surface area (Å²) in [5.74, 6) is 1.63.